The first kappa shape index (κ1) is 6.82. The van der Waals surface area contributed by atoms with Crippen LogP contribution in [-0.4, -0.2) is 13.0 Å². The minimum atomic E-state index is -1.54. The molecule has 0 aliphatic carbocycles. The molecule has 0 aromatic heterocycles. The van der Waals surface area contributed by atoms with Crippen LogP contribution in [0.5, 0.6) is 0 Å². The topological polar surface area (TPSA) is 9.23 Å². The zero-order chi connectivity index (χ0) is 5.70. The van der Waals surface area contributed by atoms with Gasteiger partial charge in [0.15, 0.2) is 0 Å². The summed E-state index contributed by atoms with van der Waals surface area (Å²) in [4.78, 5) is 0. The maximum Gasteiger partial charge on any atom is 0.201 e. The lowest BCUT2D eigenvalue weighted by Crippen LogP contribution is -2.00. The number of rotatable bonds is 3. The third-order valence-electron chi connectivity index (χ3n) is 0.517. The predicted octanol–water partition coefficient (Wildman–Crippen LogP) is 1.45. The van der Waals surface area contributed by atoms with E-state index in [2.05, 4.69) is 11.8 Å². The molecule has 0 rings (SSSR count). The zero-order valence-corrected chi connectivity index (χ0v) is 3.86. The Labute approximate surface area is 41.3 Å². The Bertz CT molecular complexity index is 40.7. The van der Waals surface area contributed by atoms with Crippen LogP contribution in [0.1, 0.15) is 6.42 Å². The van der Waals surface area contributed by atoms with Crippen LogP contribution in [0.25, 0.3) is 0 Å². The van der Waals surface area contributed by atoms with Crippen molar-refractivity contribution in [3.8, 4) is 0 Å². The molecule has 0 spiro atoms. The lowest BCUT2D eigenvalue weighted by atomic mass is 10.5. The van der Waals surface area contributed by atoms with Gasteiger partial charge in [-0.3, -0.25) is 4.39 Å². The van der Waals surface area contributed by atoms with Crippen LogP contribution in [0.4, 0.5) is 8.78 Å². The molecule has 7 heavy (non-hydrogen) atoms. The average Bonchev–Trinajstić information content (AvgIpc) is 1.68. The fourth-order valence-electron chi connectivity index (χ4n) is 0.169. The van der Waals surface area contributed by atoms with Gasteiger partial charge in [-0.1, -0.05) is 0 Å². The van der Waals surface area contributed by atoms with Crippen molar-refractivity contribution in [2.24, 2.45) is 0 Å². The van der Waals surface area contributed by atoms with E-state index in [1.54, 1.807) is 0 Å². The second-order valence-corrected chi connectivity index (χ2v) is 1.05. The largest absolute Gasteiger partial charge is 0.346 e. The summed E-state index contributed by atoms with van der Waals surface area (Å²) in [5.41, 5.74) is 0. The SMILES string of the molecule is [CH2]OC(F)CCF. The molecule has 0 bridgehead atoms. The lowest BCUT2D eigenvalue weighted by Gasteiger charge is -1.98. The van der Waals surface area contributed by atoms with Crippen molar-refractivity contribution in [1.82, 2.24) is 0 Å². The van der Waals surface area contributed by atoms with Crippen LogP contribution in [0, 0.1) is 7.11 Å². The van der Waals surface area contributed by atoms with E-state index in [0.717, 1.165) is 0 Å². The summed E-state index contributed by atoms with van der Waals surface area (Å²) < 4.78 is 26.5. The van der Waals surface area contributed by atoms with Crippen molar-refractivity contribution in [2.75, 3.05) is 6.67 Å². The summed E-state index contributed by atoms with van der Waals surface area (Å²) in [5.74, 6) is 0. The summed E-state index contributed by atoms with van der Waals surface area (Å²) in [7, 11) is 2.76. The van der Waals surface area contributed by atoms with Gasteiger partial charge in [0, 0.05) is 6.42 Å². The van der Waals surface area contributed by atoms with Gasteiger partial charge in [0.2, 0.25) is 6.36 Å². The smallest absolute Gasteiger partial charge is 0.201 e. The molecule has 1 atom stereocenters. The molecule has 1 nitrogen and oxygen atoms in total. The first-order chi connectivity index (χ1) is 3.31. The molecule has 0 fully saturated rings. The molecule has 0 aliphatic heterocycles. The Balaban J connectivity index is 2.83. The van der Waals surface area contributed by atoms with E-state index >= 15 is 0 Å². The quantitative estimate of drug-likeness (QED) is 0.533. The Morgan fingerprint density at radius 2 is 2.29 bits per heavy atom. The Kier molecular flexibility index (Phi) is 3.89. The van der Waals surface area contributed by atoms with E-state index in [-0.39, 0.29) is 6.42 Å². The van der Waals surface area contributed by atoms with Crippen LogP contribution < -0.4 is 0 Å². The van der Waals surface area contributed by atoms with E-state index in [0.29, 0.717) is 0 Å². The molecular formula is C4H7F2O. The predicted molar refractivity (Wildman–Crippen MR) is 21.9 cm³/mol. The maximum atomic E-state index is 11.6. The first-order valence-corrected chi connectivity index (χ1v) is 1.92. The molecule has 0 aromatic carbocycles. The van der Waals surface area contributed by atoms with E-state index in [1.165, 1.54) is 0 Å². The number of halogens is 2. The first-order valence-electron chi connectivity index (χ1n) is 1.92. The monoisotopic (exact) mass is 109 g/mol. The highest BCUT2D eigenvalue weighted by Gasteiger charge is 1.99. The van der Waals surface area contributed by atoms with Gasteiger partial charge in [0.25, 0.3) is 0 Å². The van der Waals surface area contributed by atoms with Crippen molar-refractivity contribution in [2.45, 2.75) is 12.8 Å². The van der Waals surface area contributed by atoms with Crippen LogP contribution in [0.2, 0.25) is 0 Å². The highest BCUT2D eigenvalue weighted by Crippen LogP contribution is 1.97. The molecule has 0 N–H and O–H groups in total. The summed E-state index contributed by atoms with van der Waals surface area (Å²) in [6.45, 7) is -0.698. The molecule has 0 aliphatic rings. The molecule has 0 saturated carbocycles. The highest BCUT2D eigenvalue weighted by molar-refractivity contribution is 4.37. The fourth-order valence-corrected chi connectivity index (χ4v) is 0.169. The number of alkyl halides is 2. The second-order valence-electron chi connectivity index (χ2n) is 1.05. The van der Waals surface area contributed by atoms with Gasteiger partial charge in [0.05, 0.1) is 13.8 Å². The van der Waals surface area contributed by atoms with Gasteiger partial charge in [0.1, 0.15) is 0 Å². The molecule has 0 aromatic rings. The molecule has 3 heteroatoms. The van der Waals surface area contributed by atoms with E-state index in [1.807, 2.05) is 0 Å². The van der Waals surface area contributed by atoms with Crippen LogP contribution in [0.15, 0.2) is 0 Å². The normalized spacial score (nSPS) is 14.1. The van der Waals surface area contributed by atoms with Gasteiger partial charge in [-0.05, 0) is 0 Å². The molecule has 0 heterocycles. The molecule has 43 valence electrons. The van der Waals surface area contributed by atoms with Crippen molar-refractivity contribution in [1.29, 1.82) is 0 Å². The van der Waals surface area contributed by atoms with Gasteiger partial charge in [-0.2, -0.15) is 0 Å². The van der Waals surface area contributed by atoms with Crippen LogP contribution in [0.3, 0.4) is 0 Å². The third-order valence-corrected chi connectivity index (χ3v) is 0.517. The summed E-state index contributed by atoms with van der Waals surface area (Å²) >= 11 is 0. The van der Waals surface area contributed by atoms with E-state index in [4.69, 9.17) is 0 Å². The Hall–Kier alpha value is -0.180. The zero-order valence-electron chi connectivity index (χ0n) is 3.86. The minimum Gasteiger partial charge on any atom is -0.346 e. The lowest BCUT2D eigenvalue weighted by molar-refractivity contribution is 0.00883. The Morgan fingerprint density at radius 1 is 1.71 bits per heavy atom. The van der Waals surface area contributed by atoms with Gasteiger partial charge in [-0.25, -0.2) is 4.39 Å². The van der Waals surface area contributed by atoms with Crippen molar-refractivity contribution < 1.29 is 13.5 Å². The number of hydrogen-bond acceptors (Lipinski definition) is 1. The maximum absolute atomic E-state index is 11.6. The fraction of sp³-hybridized carbons (Fsp3) is 0.750. The van der Waals surface area contributed by atoms with Crippen LogP contribution in [-0.2, 0) is 4.74 Å². The van der Waals surface area contributed by atoms with Crippen molar-refractivity contribution in [3.05, 3.63) is 7.11 Å². The number of hydrogen-bond donors (Lipinski definition) is 0. The van der Waals surface area contributed by atoms with Crippen molar-refractivity contribution in [3.63, 3.8) is 0 Å². The molecular weight excluding hydrogens is 102 g/mol. The highest BCUT2D eigenvalue weighted by atomic mass is 19.2. The third kappa shape index (κ3) is 3.66. The summed E-state index contributed by atoms with van der Waals surface area (Å²) in [6, 6.07) is 0. The molecule has 1 radical (unpaired) electrons. The van der Waals surface area contributed by atoms with Crippen LogP contribution >= 0.6 is 0 Å². The Morgan fingerprint density at radius 3 is 2.43 bits per heavy atom. The number of ether oxygens (including phenoxy) is 1. The summed E-state index contributed by atoms with van der Waals surface area (Å²) in [5, 5.41) is 0. The molecule has 0 amide bonds. The minimum absolute atomic E-state index is 0.219. The van der Waals surface area contributed by atoms with E-state index < -0.39 is 13.0 Å². The second kappa shape index (κ2) is 3.99. The van der Waals surface area contributed by atoms with Gasteiger partial charge >= 0.3 is 0 Å². The van der Waals surface area contributed by atoms with Gasteiger partial charge in [-0.15, -0.1) is 0 Å². The molecule has 1 unspecified atom stereocenters. The molecule has 0 saturated heterocycles. The summed E-state index contributed by atoms with van der Waals surface area (Å²) in [6.07, 6.45) is -1.76. The standard InChI is InChI=1S/C4H7F2O/c1-7-4(6)2-3-5/h4H,1-3H2. The van der Waals surface area contributed by atoms with E-state index in [9.17, 15) is 8.78 Å². The van der Waals surface area contributed by atoms with Gasteiger partial charge < -0.3 is 4.74 Å². The average molecular weight is 109 g/mol. The van der Waals surface area contributed by atoms with Crippen molar-refractivity contribution >= 4 is 0 Å².